The largest absolute Gasteiger partial charge is 0.492 e. The van der Waals surface area contributed by atoms with Gasteiger partial charge in [-0.25, -0.2) is 4.98 Å². The molecule has 1 aliphatic rings. The van der Waals surface area contributed by atoms with E-state index in [1.165, 1.54) is 0 Å². The van der Waals surface area contributed by atoms with E-state index in [4.69, 9.17) is 16.3 Å². The number of thiazole rings is 1. The molecule has 1 atom stereocenters. The van der Waals surface area contributed by atoms with Gasteiger partial charge in [-0.1, -0.05) is 23.7 Å². The maximum Gasteiger partial charge on any atom is 0.229 e. The Morgan fingerprint density at radius 3 is 3.04 bits per heavy atom. The van der Waals surface area contributed by atoms with Gasteiger partial charge in [-0.05, 0) is 42.3 Å². The first kappa shape index (κ1) is 16.4. The van der Waals surface area contributed by atoms with Gasteiger partial charge >= 0.3 is 0 Å². The molecule has 0 unspecified atom stereocenters. The van der Waals surface area contributed by atoms with Crippen LogP contribution in [0.3, 0.4) is 0 Å². The van der Waals surface area contributed by atoms with Crippen LogP contribution in [-0.2, 0) is 17.8 Å². The van der Waals surface area contributed by atoms with Gasteiger partial charge in [0.25, 0.3) is 0 Å². The van der Waals surface area contributed by atoms with Crippen molar-refractivity contribution < 1.29 is 9.53 Å². The lowest BCUT2D eigenvalue weighted by Gasteiger charge is -2.28. The molecule has 1 amide bonds. The molecule has 0 saturated heterocycles. The van der Waals surface area contributed by atoms with Gasteiger partial charge in [-0.15, -0.1) is 11.3 Å². The van der Waals surface area contributed by atoms with E-state index < -0.39 is 0 Å². The molecule has 0 bridgehead atoms. The molecule has 0 N–H and O–H groups in total. The summed E-state index contributed by atoms with van der Waals surface area (Å²) in [5.74, 6) is 0.706. The highest BCUT2D eigenvalue weighted by atomic mass is 35.5. The molecule has 4 rings (SSSR count). The predicted octanol–water partition coefficient (Wildman–Crippen LogP) is 4.16. The predicted molar refractivity (Wildman–Crippen MR) is 100 cm³/mol. The number of benzene rings is 2. The highest BCUT2D eigenvalue weighted by molar-refractivity contribution is 7.18. The Balaban J connectivity index is 1.47. The second-order valence-corrected chi connectivity index (χ2v) is 7.79. The summed E-state index contributed by atoms with van der Waals surface area (Å²) in [5.41, 5.74) is 1.97. The van der Waals surface area contributed by atoms with Gasteiger partial charge in [-0.3, -0.25) is 4.79 Å². The summed E-state index contributed by atoms with van der Waals surface area (Å²) >= 11 is 7.68. The number of ether oxygens (including phenoxy) is 1. The van der Waals surface area contributed by atoms with Crippen molar-refractivity contribution in [2.75, 3.05) is 13.7 Å². The van der Waals surface area contributed by atoms with Crippen molar-refractivity contribution >= 4 is 39.1 Å². The molecular formula is C19H17ClN2O2S. The molecule has 6 heteroatoms. The van der Waals surface area contributed by atoms with Crippen LogP contribution in [0.5, 0.6) is 5.75 Å². The average Bonchev–Trinajstić information content (AvgIpc) is 3.02. The van der Waals surface area contributed by atoms with Crippen LogP contribution in [-0.4, -0.2) is 29.4 Å². The summed E-state index contributed by atoms with van der Waals surface area (Å²) in [4.78, 5) is 19.1. The zero-order valence-corrected chi connectivity index (χ0v) is 15.3. The molecule has 2 aromatic carbocycles. The van der Waals surface area contributed by atoms with Crippen molar-refractivity contribution in [2.45, 2.75) is 13.0 Å². The van der Waals surface area contributed by atoms with Crippen molar-refractivity contribution in [2.24, 2.45) is 5.92 Å². The van der Waals surface area contributed by atoms with Gasteiger partial charge in [0.2, 0.25) is 5.91 Å². The summed E-state index contributed by atoms with van der Waals surface area (Å²) in [7, 11) is 1.82. The molecule has 0 fully saturated rings. The molecule has 1 aromatic heterocycles. The molecule has 4 nitrogen and oxygen atoms in total. The Labute approximate surface area is 155 Å². The highest BCUT2D eigenvalue weighted by Crippen LogP contribution is 2.31. The number of hydrogen-bond donors (Lipinski definition) is 0. The SMILES string of the molecule is CN(Cc1nc2ccccc2s1)C(=O)[C@H]1COc2ccc(Cl)cc2C1. The molecule has 0 saturated carbocycles. The molecule has 25 heavy (non-hydrogen) atoms. The van der Waals surface area contributed by atoms with Crippen LogP contribution < -0.4 is 4.74 Å². The summed E-state index contributed by atoms with van der Waals surface area (Å²) < 4.78 is 6.88. The second kappa shape index (κ2) is 6.65. The van der Waals surface area contributed by atoms with E-state index in [0.29, 0.717) is 24.6 Å². The first-order valence-electron chi connectivity index (χ1n) is 8.11. The number of rotatable bonds is 3. The Hall–Kier alpha value is -2.11. The lowest BCUT2D eigenvalue weighted by molar-refractivity contribution is -0.136. The summed E-state index contributed by atoms with van der Waals surface area (Å²) in [6.45, 7) is 0.911. The minimum atomic E-state index is -0.189. The number of fused-ring (bicyclic) bond motifs is 2. The lowest BCUT2D eigenvalue weighted by atomic mass is 9.95. The van der Waals surface area contributed by atoms with Gasteiger partial charge in [0.1, 0.15) is 17.4 Å². The van der Waals surface area contributed by atoms with Crippen LogP contribution in [0.2, 0.25) is 5.02 Å². The van der Waals surface area contributed by atoms with Crippen LogP contribution in [0.15, 0.2) is 42.5 Å². The molecule has 1 aliphatic heterocycles. The van der Waals surface area contributed by atoms with Crippen LogP contribution in [0, 0.1) is 5.92 Å². The number of aromatic nitrogens is 1. The second-order valence-electron chi connectivity index (χ2n) is 6.23. The highest BCUT2D eigenvalue weighted by Gasteiger charge is 2.28. The first-order valence-corrected chi connectivity index (χ1v) is 9.30. The summed E-state index contributed by atoms with van der Waals surface area (Å²) in [6.07, 6.45) is 0.652. The zero-order chi connectivity index (χ0) is 17.4. The molecule has 0 radical (unpaired) electrons. The molecule has 0 spiro atoms. The first-order chi connectivity index (χ1) is 12.1. The maximum absolute atomic E-state index is 12.8. The third kappa shape index (κ3) is 3.34. The standard InChI is InChI=1S/C19H17ClN2O2S/c1-22(10-18-21-15-4-2-3-5-17(15)25-18)19(23)13-8-12-9-14(20)6-7-16(12)24-11-13/h2-7,9,13H,8,10-11H2,1H3/t13-/m1/s1. The van der Waals surface area contributed by atoms with E-state index in [-0.39, 0.29) is 11.8 Å². The summed E-state index contributed by atoms with van der Waals surface area (Å²) in [5, 5.41) is 1.61. The average molecular weight is 373 g/mol. The van der Waals surface area contributed by atoms with Crippen LogP contribution in [0.4, 0.5) is 0 Å². The lowest BCUT2D eigenvalue weighted by Crippen LogP contribution is -2.38. The van der Waals surface area contributed by atoms with Gasteiger partial charge in [0.05, 0.1) is 22.7 Å². The van der Waals surface area contributed by atoms with E-state index in [1.54, 1.807) is 16.2 Å². The van der Waals surface area contributed by atoms with Gasteiger partial charge in [-0.2, -0.15) is 0 Å². The number of nitrogens with zero attached hydrogens (tertiary/aromatic N) is 2. The van der Waals surface area contributed by atoms with Crippen molar-refractivity contribution in [1.29, 1.82) is 0 Å². The molecule has 2 heterocycles. The van der Waals surface area contributed by atoms with Crippen LogP contribution in [0.25, 0.3) is 10.2 Å². The fourth-order valence-electron chi connectivity index (χ4n) is 3.10. The number of carbonyl (C=O) groups is 1. The Kier molecular flexibility index (Phi) is 4.36. The number of amides is 1. The number of para-hydroxylation sites is 1. The third-order valence-electron chi connectivity index (χ3n) is 4.36. The molecule has 0 aliphatic carbocycles. The minimum Gasteiger partial charge on any atom is -0.492 e. The van der Waals surface area contributed by atoms with Crippen LogP contribution >= 0.6 is 22.9 Å². The Morgan fingerprint density at radius 2 is 2.20 bits per heavy atom. The Bertz CT molecular complexity index is 907. The van der Waals surface area contributed by atoms with E-state index in [2.05, 4.69) is 4.98 Å². The van der Waals surface area contributed by atoms with Crippen LogP contribution in [0.1, 0.15) is 10.6 Å². The summed E-state index contributed by atoms with van der Waals surface area (Å²) in [6, 6.07) is 13.6. The van der Waals surface area contributed by atoms with Gasteiger partial charge in [0, 0.05) is 12.1 Å². The van der Waals surface area contributed by atoms with Crippen molar-refractivity contribution in [1.82, 2.24) is 9.88 Å². The van der Waals surface area contributed by atoms with E-state index in [9.17, 15) is 4.79 Å². The minimum absolute atomic E-state index is 0.0740. The van der Waals surface area contributed by atoms with Gasteiger partial charge in [0.15, 0.2) is 0 Å². The maximum atomic E-state index is 12.8. The normalized spacial score (nSPS) is 16.3. The number of halogens is 1. The molecule has 128 valence electrons. The molecular weight excluding hydrogens is 356 g/mol. The smallest absolute Gasteiger partial charge is 0.229 e. The monoisotopic (exact) mass is 372 g/mol. The number of hydrogen-bond acceptors (Lipinski definition) is 4. The van der Waals surface area contributed by atoms with Crippen molar-refractivity contribution in [3.05, 3.63) is 58.1 Å². The number of carbonyl (C=O) groups excluding carboxylic acids is 1. The van der Waals surface area contributed by atoms with Gasteiger partial charge < -0.3 is 9.64 Å². The fraction of sp³-hybridized carbons (Fsp3) is 0.263. The Morgan fingerprint density at radius 1 is 1.36 bits per heavy atom. The van der Waals surface area contributed by atoms with E-state index >= 15 is 0 Å². The van der Waals surface area contributed by atoms with Crippen molar-refractivity contribution in [3.63, 3.8) is 0 Å². The topological polar surface area (TPSA) is 42.4 Å². The van der Waals surface area contributed by atoms with Crippen molar-refractivity contribution in [3.8, 4) is 5.75 Å². The van der Waals surface area contributed by atoms with E-state index in [1.807, 2.05) is 49.5 Å². The zero-order valence-electron chi connectivity index (χ0n) is 13.7. The third-order valence-corrected chi connectivity index (χ3v) is 5.62. The molecule has 3 aromatic rings. The fourth-order valence-corrected chi connectivity index (χ4v) is 4.32. The van der Waals surface area contributed by atoms with E-state index in [0.717, 1.165) is 26.5 Å². The quantitative estimate of drug-likeness (QED) is 0.693.